The number of nitrogens with zero attached hydrogens (tertiary/aromatic N) is 1. The van der Waals surface area contributed by atoms with Gasteiger partial charge in [-0.3, -0.25) is 9.69 Å². The minimum Gasteiger partial charge on any atom is -0.467 e. The number of likely N-dealkylation sites (tertiary alicyclic amines) is 1. The second kappa shape index (κ2) is 5.50. The van der Waals surface area contributed by atoms with Gasteiger partial charge in [-0.1, -0.05) is 6.08 Å². The van der Waals surface area contributed by atoms with Crippen molar-refractivity contribution in [3.8, 4) is 0 Å². The third-order valence-corrected chi connectivity index (χ3v) is 3.66. The molecule has 2 aliphatic rings. The zero-order chi connectivity index (χ0) is 15.8. The van der Waals surface area contributed by atoms with Crippen molar-refractivity contribution < 1.29 is 23.9 Å². The van der Waals surface area contributed by atoms with Gasteiger partial charge < -0.3 is 9.47 Å². The van der Waals surface area contributed by atoms with Gasteiger partial charge in [0.1, 0.15) is 17.4 Å². The van der Waals surface area contributed by atoms with Crippen LogP contribution in [0.2, 0.25) is 0 Å². The summed E-state index contributed by atoms with van der Waals surface area (Å²) in [5.41, 5.74) is 0.297. The molecule has 116 valence electrons. The van der Waals surface area contributed by atoms with Crippen molar-refractivity contribution in [3.05, 3.63) is 11.6 Å². The van der Waals surface area contributed by atoms with Crippen LogP contribution in [0, 0.1) is 5.92 Å². The molecule has 1 saturated heterocycles. The van der Waals surface area contributed by atoms with Crippen LogP contribution in [-0.4, -0.2) is 48.0 Å². The predicted octanol–water partition coefficient (Wildman–Crippen LogP) is 1.68. The summed E-state index contributed by atoms with van der Waals surface area (Å²) in [6.45, 7) is 5.62. The number of esters is 1. The Bertz CT molecular complexity index is 503. The van der Waals surface area contributed by atoms with Gasteiger partial charge in [-0.15, -0.1) is 0 Å². The fourth-order valence-corrected chi connectivity index (χ4v) is 2.78. The molecule has 0 bridgehead atoms. The Morgan fingerprint density at radius 3 is 2.57 bits per heavy atom. The Hall–Kier alpha value is -1.85. The van der Waals surface area contributed by atoms with Gasteiger partial charge in [0, 0.05) is 25.3 Å². The third kappa shape index (κ3) is 3.25. The van der Waals surface area contributed by atoms with Crippen molar-refractivity contribution in [1.82, 2.24) is 4.90 Å². The van der Waals surface area contributed by atoms with Gasteiger partial charge in [-0.2, -0.15) is 0 Å². The van der Waals surface area contributed by atoms with E-state index in [2.05, 4.69) is 0 Å². The first-order chi connectivity index (χ1) is 9.73. The van der Waals surface area contributed by atoms with E-state index in [4.69, 9.17) is 9.47 Å². The summed E-state index contributed by atoms with van der Waals surface area (Å²) in [6.07, 6.45) is 1.89. The number of hydrogen-bond acceptors (Lipinski definition) is 5. The Morgan fingerprint density at radius 2 is 2.00 bits per heavy atom. The number of allylic oxidation sites excluding steroid dienone is 1. The molecule has 1 amide bonds. The number of rotatable bonds is 1. The lowest BCUT2D eigenvalue weighted by Gasteiger charge is -2.28. The number of fused-ring (bicyclic) bond motifs is 1. The number of carbonyl (C=O) groups excluding carboxylic acids is 3. The van der Waals surface area contributed by atoms with E-state index in [9.17, 15) is 14.4 Å². The number of Topliss-reactive ketones (excluding diaryl/α,β-unsaturated/α-hetero) is 1. The summed E-state index contributed by atoms with van der Waals surface area (Å²) in [4.78, 5) is 37.3. The number of amides is 1. The van der Waals surface area contributed by atoms with E-state index in [1.807, 2.05) is 6.08 Å². The van der Waals surface area contributed by atoms with Crippen molar-refractivity contribution in [2.45, 2.75) is 45.3 Å². The molecule has 6 nitrogen and oxygen atoms in total. The summed E-state index contributed by atoms with van der Waals surface area (Å²) in [5.74, 6) is -0.723. The quantitative estimate of drug-likeness (QED) is 0.543. The first-order valence-electron chi connectivity index (χ1n) is 7.01. The summed E-state index contributed by atoms with van der Waals surface area (Å²) < 4.78 is 10.1. The van der Waals surface area contributed by atoms with Crippen molar-refractivity contribution in [2.75, 3.05) is 13.7 Å². The molecule has 0 saturated carbocycles. The molecule has 1 heterocycles. The predicted molar refractivity (Wildman–Crippen MR) is 74.6 cm³/mol. The standard InChI is InChI=1S/C15H21NO5/c1-15(2,3)21-14(19)16-8-9-5-6-10(17)7-11(9)12(16)13(18)20-4/h5,11-12H,6-8H2,1-4H3/t11-,12-/m0/s1. The second-order valence-electron chi connectivity index (χ2n) is 6.41. The molecule has 6 heteroatoms. The second-order valence-corrected chi connectivity index (χ2v) is 6.41. The number of methoxy groups -OCH3 is 1. The fraction of sp³-hybridized carbons (Fsp3) is 0.667. The van der Waals surface area contributed by atoms with Crippen molar-refractivity contribution in [1.29, 1.82) is 0 Å². The van der Waals surface area contributed by atoms with Crippen LogP contribution in [0.25, 0.3) is 0 Å². The van der Waals surface area contributed by atoms with E-state index >= 15 is 0 Å². The molecule has 1 aliphatic carbocycles. The van der Waals surface area contributed by atoms with Crippen molar-refractivity contribution in [3.63, 3.8) is 0 Å². The highest BCUT2D eigenvalue weighted by Crippen LogP contribution is 2.37. The van der Waals surface area contributed by atoms with Crippen LogP contribution in [0.15, 0.2) is 11.6 Å². The molecular formula is C15H21NO5. The monoisotopic (exact) mass is 295 g/mol. The largest absolute Gasteiger partial charge is 0.467 e. The van der Waals surface area contributed by atoms with Crippen LogP contribution in [0.4, 0.5) is 4.79 Å². The van der Waals surface area contributed by atoms with Crippen LogP contribution in [0.1, 0.15) is 33.6 Å². The van der Waals surface area contributed by atoms with E-state index in [0.29, 0.717) is 13.0 Å². The zero-order valence-corrected chi connectivity index (χ0v) is 12.8. The van der Waals surface area contributed by atoms with E-state index in [1.165, 1.54) is 12.0 Å². The first-order valence-corrected chi connectivity index (χ1v) is 7.01. The maximum absolute atomic E-state index is 12.3. The molecule has 0 aromatic heterocycles. The average molecular weight is 295 g/mol. The number of carbonyl (C=O) groups is 3. The maximum atomic E-state index is 12.3. The van der Waals surface area contributed by atoms with Gasteiger partial charge in [0.15, 0.2) is 0 Å². The number of ether oxygens (including phenoxy) is 2. The zero-order valence-electron chi connectivity index (χ0n) is 12.8. The van der Waals surface area contributed by atoms with Crippen molar-refractivity contribution >= 4 is 17.8 Å². The number of hydrogen-bond donors (Lipinski definition) is 0. The van der Waals surface area contributed by atoms with E-state index in [-0.39, 0.29) is 18.1 Å². The molecule has 0 spiro atoms. The minimum atomic E-state index is -0.777. The Morgan fingerprint density at radius 1 is 1.33 bits per heavy atom. The lowest BCUT2D eigenvalue weighted by Crippen LogP contribution is -2.46. The van der Waals surface area contributed by atoms with E-state index in [1.54, 1.807) is 20.8 Å². The average Bonchev–Trinajstić information content (AvgIpc) is 2.74. The normalized spacial score (nSPS) is 25.2. The lowest BCUT2D eigenvalue weighted by atomic mass is 9.85. The summed E-state index contributed by atoms with van der Waals surface area (Å²) in [6, 6.07) is -0.777. The van der Waals surface area contributed by atoms with Crippen LogP contribution in [-0.2, 0) is 19.1 Å². The highest BCUT2D eigenvalue weighted by molar-refractivity contribution is 5.88. The van der Waals surface area contributed by atoms with Gasteiger partial charge in [0.05, 0.1) is 7.11 Å². The minimum absolute atomic E-state index is 0.0729. The number of ketones is 1. The van der Waals surface area contributed by atoms with Crippen LogP contribution < -0.4 is 0 Å². The SMILES string of the molecule is COC(=O)[C@@H]1[C@H]2CC(=O)CC=C2CN1C(=O)OC(C)(C)C. The third-order valence-electron chi connectivity index (χ3n) is 3.66. The van der Waals surface area contributed by atoms with Gasteiger partial charge >= 0.3 is 12.1 Å². The summed E-state index contributed by atoms with van der Waals surface area (Å²) in [7, 11) is 1.28. The Balaban J connectivity index is 2.26. The molecule has 1 fully saturated rings. The van der Waals surface area contributed by atoms with Gasteiger partial charge in [-0.25, -0.2) is 9.59 Å². The van der Waals surface area contributed by atoms with E-state index in [0.717, 1.165) is 5.57 Å². The van der Waals surface area contributed by atoms with Crippen LogP contribution in [0.3, 0.4) is 0 Å². The lowest BCUT2D eigenvalue weighted by molar-refractivity contribution is -0.147. The first kappa shape index (κ1) is 15.5. The molecular weight excluding hydrogens is 274 g/mol. The topological polar surface area (TPSA) is 72.9 Å². The Kier molecular flexibility index (Phi) is 4.07. The molecule has 0 aromatic rings. The molecule has 0 N–H and O–H groups in total. The molecule has 0 radical (unpaired) electrons. The highest BCUT2D eigenvalue weighted by atomic mass is 16.6. The van der Waals surface area contributed by atoms with Gasteiger partial charge in [0.2, 0.25) is 0 Å². The van der Waals surface area contributed by atoms with Crippen LogP contribution >= 0.6 is 0 Å². The summed E-state index contributed by atoms with van der Waals surface area (Å²) >= 11 is 0. The van der Waals surface area contributed by atoms with Gasteiger partial charge in [0.25, 0.3) is 0 Å². The molecule has 21 heavy (non-hydrogen) atoms. The fourth-order valence-electron chi connectivity index (χ4n) is 2.78. The summed E-state index contributed by atoms with van der Waals surface area (Å²) in [5, 5.41) is 0. The molecule has 2 rings (SSSR count). The smallest absolute Gasteiger partial charge is 0.411 e. The van der Waals surface area contributed by atoms with Crippen molar-refractivity contribution in [2.24, 2.45) is 5.92 Å². The maximum Gasteiger partial charge on any atom is 0.411 e. The molecule has 2 atom stereocenters. The molecule has 0 unspecified atom stereocenters. The van der Waals surface area contributed by atoms with Gasteiger partial charge in [-0.05, 0) is 26.3 Å². The van der Waals surface area contributed by atoms with E-state index < -0.39 is 23.7 Å². The molecule has 0 aromatic carbocycles. The Labute approximate surface area is 124 Å². The van der Waals surface area contributed by atoms with Crippen LogP contribution in [0.5, 0.6) is 0 Å². The highest BCUT2D eigenvalue weighted by Gasteiger charge is 2.48. The molecule has 1 aliphatic heterocycles.